The number of nitrogens with two attached hydrogens (primary N) is 1. The molecular weight excluding hydrogens is 578 g/mol. The van der Waals surface area contributed by atoms with Gasteiger partial charge in [-0.2, -0.15) is 24.9 Å². The minimum atomic E-state index is -0.851. The molecule has 7 rings (SSSR count). The van der Waals surface area contributed by atoms with Gasteiger partial charge in [0.1, 0.15) is 23.8 Å². The second-order valence-corrected chi connectivity index (χ2v) is 14.3. The van der Waals surface area contributed by atoms with Crippen LogP contribution >= 0.6 is 23.1 Å². The lowest BCUT2D eigenvalue weighted by atomic mass is 9.88. The summed E-state index contributed by atoms with van der Waals surface area (Å²) in [6.07, 6.45) is 4.50. The molecule has 14 heteroatoms. The monoisotopic (exact) mass is 609 g/mol. The summed E-state index contributed by atoms with van der Waals surface area (Å²) in [5.74, 6) is 1.73. The topological polar surface area (TPSA) is 134 Å². The normalized spacial score (nSPS) is 24.7. The van der Waals surface area contributed by atoms with Crippen molar-refractivity contribution in [2.45, 2.75) is 54.4 Å². The summed E-state index contributed by atoms with van der Waals surface area (Å²) in [4.78, 5) is 21.6. The lowest BCUT2D eigenvalue weighted by Crippen LogP contribution is -2.57. The van der Waals surface area contributed by atoms with Gasteiger partial charge in [0.2, 0.25) is 11.9 Å². The second-order valence-electron chi connectivity index (χ2n) is 11.8. The summed E-state index contributed by atoms with van der Waals surface area (Å²) in [6, 6.07) is 5.91. The van der Waals surface area contributed by atoms with E-state index >= 15 is 0 Å². The Morgan fingerprint density at radius 3 is 3.00 bits per heavy atom. The molecule has 220 valence electrons. The van der Waals surface area contributed by atoms with Crippen LogP contribution in [0, 0.1) is 16.5 Å². The van der Waals surface area contributed by atoms with E-state index in [1.807, 2.05) is 36.7 Å². The van der Waals surface area contributed by atoms with Crippen molar-refractivity contribution >= 4 is 40.0 Å². The Labute approximate surface area is 251 Å². The zero-order chi connectivity index (χ0) is 29.2. The first kappa shape index (κ1) is 27.4. The predicted octanol–water partition coefficient (Wildman–Crippen LogP) is 3.14. The quantitative estimate of drug-likeness (QED) is 0.313. The van der Waals surface area contributed by atoms with Gasteiger partial charge in [0, 0.05) is 60.9 Å². The maximum atomic E-state index is 14.4. The molecule has 3 aromatic heterocycles. The third kappa shape index (κ3) is 4.40. The standard InChI is InChI=1S/C28H32FN9O2S2/c1-17(18-5-3-8-38(39)11-18)35(2)24-32-25(34-26(33-24)40-16-27-6-4-7-37(27)12-19(29)9-27)36-14-28(15-36)22-20(10-30)23(31)42-21(22)13-41-28/h3,5,8,11,17,19H,4,6-7,9,12-16,31H2,1-2H3/t17?,19-,27+/m1/s1. The fraction of sp³-hybridized carbons (Fsp3) is 0.536. The number of anilines is 3. The number of fused-ring (bicyclic) bond motifs is 3. The van der Waals surface area contributed by atoms with Crippen LogP contribution in [0.25, 0.3) is 0 Å². The predicted molar refractivity (Wildman–Crippen MR) is 159 cm³/mol. The van der Waals surface area contributed by atoms with Gasteiger partial charge in [-0.15, -0.1) is 23.1 Å². The van der Waals surface area contributed by atoms with Gasteiger partial charge in [0.25, 0.3) is 0 Å². The number of nitrogen functional groups attached to an aromatic ring is 1. The molecule has 0 bridgehead atoms. The first-order valence-electron chi connectivity index (χ1n) is 14.1. The highest BCUT2D eigenvalue weighted by Crippen LogP contribution is 2.57. The number of thioether (sulfide) groups is 1. The molecule has 7 heterocycles. The second kappa shape index (κ2) is 10.1. The van der Waals surface area contributed by atoms with Crippen molar-refractivity contribution < 1.29 is 13.9 Å². The third-order valence-electron chi connectivity index (χ3n) is 9.23. The highest BCUT2D eigenvalue weighted by Gasteiger charge is 2.53. The first-order valence-corrected chi connectivity index (χ1v) is 15.9. The average molecular weight is 610 g/mol. The molecule has 0 radical (unpaired) electrons. The van der Waals surface area contributed by atoms with E-state index in [2.05, 4.69) is 20.9 Å². The Morgan fingerprint density at radius 2 is 2.21 bits per heavy atom. The van der Waals surface area contributed by atoms with Gasteiger partial charge in [0.05, 0.1) is 21.9 Å². The lowest BCUT2D eigenvalue weighted by Gasteiger charge is -2.47. The molecule has 3 atom stereocenters. The minimum Gasteiger partial charge on any atom is -0.619 e. The summed E-state index contributed by atoms with van der Waals surface area (Å²) in [7, 11) is 1.88. The van der Waals surface area contributed by atoms with Gasteiger partial charge in [-0.3, -0.25) is 4.90 Å². The number of nitrogens with zero attached hydrogens (tertiary/aromatic N) is 8. The highest BCUT2D eigenvalue weighted by molar-refractivity contribution is 8.00. The van der Waals surface area contributed by atoms with E-state index in [-0.39, 0.29) is 22.3 Å². The Morgan fingerprint density at radius 1 is 1.38 bits per heavy atom. The molecule has 4 aliphatic heterocycles. The summed E-state index contributed by atoms with van der Waals surface area (Å²) in [6.45, 7) is 4.88. The first-order chi connectivity index (χ1) is 20.2. The summed E-state index contributed by atoms with van der Waals surface area (Å²) in [5, 5.41) is 22.3. The molecule has 11 nitrogen and oxygen atoms in total. The van der Waals surface area contributed by atoms with E-state index in [4.69, 9.17) is 20.4 Å². The summed E-state index contributed by atoms with van der Waals surface area (Å²) in [5.41, 5.74) is 8.30. The number of nitriles is 1. The smallest absolute Gasteiger partial charge is 0.323 e. The van der Waals surface area contributed by atoms with Crippen molar-refractivity contribution in [1.82, 2.24) is 19.9 Å². The molecule has 0 aliphatic carbocycles. The average Bonchev–Trinajstić information content (AvgIpc) is 3.68. The molecule has 0 amide bonds. The number of aromatic nitrogens is 4. The van der Waals surface area contributed by atoms with Crippen LogP contribution in [0.3, 0.4) is 0 Å². The Kier molecular flexibility index (Phi) is 6.59. The number of rotatable bonds is 7. The van der Waals surface area contributed by atoms with E-state index in [0.29, 0.717) is 55.1 Å². The molecule has 3 fully saturated rings. The van der Waals surface area contributed by atoms with Crippen molar-refractivity contribution in [2.24, 2.45) is 0 Å². The molecule has 3 saturated heterocycles. The van der Waals surface area contributed by atoms with Crippen LogP contribution in [-0.4, -0.2) is 71.4 Å². The van der Waals surface area contributed by atoms with Crippen molar-refractivity contribution in [1.29, 1.82) is 5.26 Å². The fourth-order valence-corrected chi connectivity index (χ4v) is 9.70. The Bertz CT molecular complexity index is 1580. The van der Waals surface area contributed by atoms with Crippen molar-refractivity contribution in [3.05, 3.63) is 51.3 Å². The molecular formula is C28H32FN9O2S2. The molecule has 2 N–H and O–H groups in total. The number of alkyl halides is 1. The number of thiophene rings is 1. The van der Waals surface area contributed by atoms with Crippen LogP contribution in [0.4, 0.5) is 21.3 Å². The van der Waals surface area contributed by atoms with Crippen molar-refractivity contribution in [3.8, 4) is 12.1 Å². The number of pyridine rings is 1. The lowest BCUT2D eigenvalue weighted by molar-refractivity contribution is -0.605. The van der Waals surface area contributed by atoms with Gasteiger partial charge >= 0.3 is 6.01 Å². The van der Waals surface area contributed by atoms with Gasteiger partial charge in [-0.1, -0.05) is 0 Å². The molecule has 0 saturated carbocycles. The van der Waals surface area contributed by atoms with E-state index in [1.54, 1.807) is 6.07 Å². The van der Waals surface area contributed by atoms with Crippen LogP contribution in [0.2, 0.25) is 0 Å². The third-order valence-corrected chi connectivity index (χ3v) is 11.9. The molecule has 1 spiro atoms. The maximum absolute atomic E-state index is 14.4. The highest BCUT2D eigenvalue weighted by atomic mass is 32.2. The minimum absolute atomic E-state index is 0.197. The molecule has 1 unspecified atom stereocenters. The summed E-state index contributed by atoms with van der Waals surface area (Å²) < 4.78 is 21.2. The van der Waals surface area contributed by atoms with Crippen molar-refractivity contribution in [3.63, 3.8) is 0 Å². The largest absolute Gasteiger partial charge is 0.619 e. The number of halogens is 1. The van der Waals surface area contributed by atoms with Gasteiger partial charge in [0.15, 0.2) is 12.4 Å². The SMILES string of the molecule is CC(c1ccc[n+]([O-])c1)N(C)c1nc(OC[C@@]23CCCN2C[C@H](F)C3)nc(N2CC3(C2)SCc2sc(N)c(C#N)c23)n1. The van der Waals surface area contributed by atoms with E-state index in [1.165, 1.54) is 28.6 Å². The molecule has 42 heavy (non-hydrogen) atoms. The van der Waals surface area contributed by atoms with Crippen LogP contribution < -0.4 is 25.0 Å². The van der Waals surface area contributed by atoms with Crippen LogP contribution in [-0.2, 0) is 10.5 Å². The van der Waals surface area contributed by atoms with Crippen molar-refractivity contribution in [2.75, 3.05) is 55.4 Å². The van der Waals surface area contributed by atoms with E-state index in [0.717, 1.165) is 41.0 Å². The molecule has 3 aromatic rings. The zero-order valence-electron chi connectivity index (χ0n) is 23.5. The van der Waals surface area contributed by atoms with E-state index in [9.17, 15) is 14.9 Å². The van der Waals surface area contributed by atoms with Crippen LogP contribution in [0.15, 0.2) is 24.5 Å². The van der Waals surface area contributed by atoms with Gasteiger partial charge in [-0.05, 0) is 32.4 Å². The molecule has 4 aliphatic rings. The van der Waals surface area contributed by atoms with E-state index < -0.39 is 6.17 Å². The maximum Gasteiger partial charge on any atom is 0.323 e. The molecule has 0 aromatic carbocycles. The fourth-order valence-electron chi connectivity index (χ4n) is 6.89. The van der Waals surface area contributed by atoms with Gasteiger partial charge in [-0.25, -0.2) is 4.39 Å². The Hall–Kier alpha value is -3.41. The summed E-state index contributed by atoms with van der Waals surface area (Å²) >= 11 is 3.34. The zero-order valence-corrected chi connectivity index (χ0v) is 25.1. The van der Waals surface area contributed by atoms with Crippen LogP contribution in [0.5, 0.6) is 6.01 Å². The van der Waals surface area contributed by atoms with Crippen LogP contribution in [0.1, 0.15) is 53.8 Å². The number of hydrogen-bond acceptors (Lipinski definition) is 12. The van der Waals surface area contributed by atoms with Gasteiger partial charge < -0.3 is 25.5 Å². The number of ether oxygens (including phenoxy) is 1. The number of hydrogen-bond donors (Lipinski definition) is 1. The Balaban J connectivity index is 1.18.